The first-order valence-corrected chi connectivity index (χ1v) is 27.7. The lowest BCUT2D eigenvalue weighted by molar-refractivity contribution is -0.130. The fourth-order valence-corrected chi connectivity index (χ4v) is 6.36. The number of carbonyl (C=O) groups is 4. The van der Waals surface area contributed by atoms with E-state index in [1.54, 1.807) is 0 Å². The standard InChI is InChI=1S/C18H37NO.C17H35NO.C11H24N2O.C10H22N2O/c1-5-7-8-9-10-11-12-13-14-15-16-19-17(20)18(3,4)6-2;1-4-6-7-8-9-10-11-12-13-14-15-18-17(19)16(3)5-2;1-6-11(2,3)10(14)12-8-7-9-13(4)5;1-5-9(2)10(13)11-7-6-8-12(3)4/h5-16H2,1-4H3,(H,19,20);16H,4-15H2,1-3H3,(H,18,19);6-9H2,1-5H3,(H,12,14);9H,5-8H2,1-4H3,(H,11,13). The van der Waals surface area contributed by atoms with Gasteiger partial charge in [0.05, 0.1) is 0 Å². The van der Waals surface area contributed by atoms with Crippen molar-refractivity contribution in [3.8, 4) is 0 Å². The second-order valence-electron chi connectivity index (χ2n) is 20.9. The normalized spacial score (nSPS) is 12.2. The van der Waals surface area contributed by atoms with Crippen molar-refractivity contribution in [3.05, 3.63) is 0 Å². The molecule has 0 fully saturated rings. The summed E-state index contributed by atoms with van der Waals surface area (Å²) in [5.74, 6) is 1.09. The molecule has 0 aliphatic rings. The highest BCUT2D eigenvalue weighted by Crippen LogP contribution is 2.20. The van der Waals surface area contributed by atoms with Gasteiger partial charge in [0.25, 0.3) is 0 Å². The van der Waals surface area contributed by atoms with E-state index in [0.717, 1.165) is 90.6 Å². The third-order valence-corrected chi connectivity index (χ3v) is 12.9. The Labute approximate surface area is 412 Å². The van der Waals surface area contributed by atoms with Crippen molar-refractivity contribution in [2.24, 2.45) is 22.7 Å². The highest BCUT2D eigenvalue weighted by Gasteiger charge is 2.25. The summed E-state index contributed by atoms with van der Waals surface area (Å²) in [7, 11) is 8.16. The number of rotatable bonds is 38. The Morgan fingerprint density at radius 1 is 0.379 bits per heavy atom. The van der Waals surface area contributed by atoms with Crippen LogP contribution in [0.1, 0.15) is 250 Å². The molecule has 0 aromatic carbocycles. The zero-order valence-electron chi connectivity index (χ0n) is 47.3. The maximum Gasteiger partial charge on any atom is 0.225 e. The van der Waals surface area contributed by atoms with Crippen LogP contribution in [0.15, 0.2) is 0 Å². The van der Waals surface area contributed by atoms with Gasteiger partial charge in [-0.25, -0.2) is 0 Å². The van der Waals surface area contributed by atoms with Crippen LogP contribution in [0.5, 0.6) is 0 Å². The van der Waals surface area contributed by atoms with Gasteiger partial charge in [-0.15, -0.1) is 0 Å². The third-order valence-electron chi connectivity index (χ3n) is 12.9. The van der Waals surface area contributed by atoms with Gasteiger partial charge >= 0.3 is 0 Å². The topological polar surface area (TPSA) is 123 Å². The van der Waals surface area contributed by atoms with Gasteiger partial charge in [0.15, 0.2) is 0 Å². The van der Waals surface area contributed by atoms with Crippen LogP contribution in [-0.4, -0.2) is 101 Å². The zero-order valence-corrected chi connectivity index (χ0v) is 47.3. The van der Waals surface area contributed by atoms with Gasteiger partial charge in [-0.3, -0.25) is 19.2 Å². The Morgan fingerprint density at radius 2 is 0.621 bits per heavy atom. The van der Waals surface area contributed by atoms with Gasteiger partial charge in [0, 0.05) is 48.8 Å². The summed E-state index contributed by atoms with van der Waals surface area (Å²) >= 11 is 0. The van der Waals surface area contributed by atoms with Crippen molar-refractivity contribution in [1.29, 1.82) is 0 Å². The highest BCUT2D eigenvalue weighted by atomic mass is 16.2. The molecular weight excluding hydrogens is 821 g/mol. The van der Waals surface area contributed by atoms with E-state index in [9.17, 15) is 19.2 Å². The molecule has 0 saturated heterocycles. The number of hydrogen-bond donors (Lipinski definition) is 4. The molecule has 0 aliphatic heterocycles. The van der Waals surface area contributed by atoms with E-state index in [2.05, 4.69) is 58.8 Å². The molecule has 0 heterocycles. The molecule has 66 heavy (non-hydrogen) atoms. The number of nitrogens with one attached hydrogen (secondary N) is 4. The van der Waals surface area contributed by atoms with E-state index in [1.165, 1.54) is 116 Å². The number of hydrogen-bond acceptors (Lipinski definition) is 6. The van der Waals surface area contributed by atoms with Crippen LogP contribution in [0.3, 0.4) is 0 Å². The molecule has 0 aliphatic carbocycles. The first kappa shape index (κ1) is 70.4. The lowest BCUT2D eigenvalue weighted by Crippen LogP contribution is -2.37. The van der Waals surface area contributed by atoms with Crippen LogP contribution in [0.4, 0.5) is 0 Å². The van der Waals surface area contributed by atoms with E-state index in [4.69, 9.17) is 0 Å². The minimum Gasteiger partial charge on any atom is -0.356 e. The molecule has 0 spiro atoms. The smallest absolute Gasteiger partial charge is 0.225 e. The van der Waals surface area contributed by atoms with Gasteiger partial charge in [-0.1, -0.05) is 199 Å². The Hall–Kier alpha value is -2.20. The molecule has 2 atom stereocenters. The van der Waals surface area contributed by atoms with Crippen LogP contribution in [0, 0.1) is 22.7 Å². The summed E-state index contributed by atoms with van der Waals surface area (Å²) in [5.41, 5.74) is -0.434. The van der Waals surface area contributed by atoms with Gasteiger partial charge in [-0.05, 0) is 92.6 Å². The molecule has 2 unspecified atom stereocenters. The molecule has 0 rings (SSSR count). The Kier molecular flexibility index (Phi) is 52.5. The SMILES string of the molecule is CCC(C)(C)C(=O)NCCCN(C)C.CCC(C)C(=O)NCCCN(C)C.CCCCCCCCCCCCNC(=O)C(C)(C)CC.CCCCCCCCCCCCNC(=O)C(C)CC. The van der Waals surface area contributed by atoms with Crippen LogP contribution in [-0.2, 0) is 19.2 Å². The largest absolute Gasteiger partial charge is 0.356 e. The summed E-state index contributed by atoms with van der Waals surface area (Å²) in [5, 5.41) is 12.0. The molecule has 0 aromatic heterocycles. The average molecular weight is 940 g/mol. The molecule has 4 amide bonds. The minimum absolute atomic E-state index is 0.152. The fraction of sp³-hybridized carbons (Fsp3) is 0.929. The van der Waals surface area contributed by atoms with Gasteiger partial charge in [0.1, 0.15) is 0 Å². The quantitative estimate of drug-likeness (QED) is 0.0457. The maximum absolute atomic E-state index is 11.8. The zero-order chi connectivity index (χ0) is 51.1. The van der Waals surface area contributed by atoms with E-state index in [0.29, 0.717) is 0 Å². The summed E-state index contributed by atoms with van der Waals surface area (Å²) in [6, 6.07) is 0. The van der Waals surface area contributed by atoms with E-state index in [-0.39, 0.29) is 46.3 Å². The Morgan fingerprint density at radius 3 is 0.879 bits per heavy atom. The maximum atomic E-state index is 11.8. The number of carbonyl (C=O) groups excluding carboxylic acids is 4. The number of unbranched alkanes of at least 4 members (excludes halogenated alkanes) is 18. The van der Waals surface area contributed by atoms with Gasteiger partial charge < -0.3 is 31.1 Å². The van der Waals surface area contributed by atoms with Crippen LogP contribution in [0.2, 0.25) is 0 Å². The van der Waals surface area contributed by atoms with Crippen LogP contribution < -0.4 is 21.3 Å². The minimum atomic E-state index is -0.224. The predicted octanol–water partition coefficient (Wildman–Crippen LogP) is 13.1. The first-order chi connectivity index (χ1) is 31.2. The molecule has 0 radical (unpaired) electrons. The van der Waals surface area contributed by atoms with Crippen molar-refractivity contribution in [2.45, 2.75) is 250 Å². The summed E-state index contributed by atoms with van der Waals surface area (Å²) < 4.78 is 0. The predicted molar refractivity (Wildman–Crippen MR) is 289 cm³/mol. The lowest BCUT2D eigenvalue weighted by atomic mass is 9.89. The van der Waals surface area contributed by atoms with Crippen molar-refractivity contribution in [1.82, 2.24) is 31.1 Å². The third kappa shape index (κ3) is 49.7. The van der Waals surface area contributed by atoms with Crippen molar-refractivity contribution >= 4 is 23.6 Å². The molecule has 4 N–H and O–H groups in total. The molecule has 0 aromatic rings. The molecular formula is C56H118N6O4. The number of nitrogens with zero attached hydrogens (tertiary/aromatic N) is 2. The van der Waals surface area contributed by atoms with Gasteiger partial charge in [-0.2, -0.15) is 0 Å². The van der Waals surface area contributed by atoms with Gasteiger partial charge in [0.2, 0.25) is 23.6 Å². The number of amides is 4. The van der Waals surface area contributed by atoms with Crippen molar-refractivity contribution < 1.29 is 19.2 Å². The summed E-state index contributed by atoms with van der Waals surface area (Å²) in [6.45, 7) is 30.0. The van der Waals surface area contributed by atoms with E-state index < -0.39 is 0 Å². The summed E-state index contributed by atoms with van der Waals surface area (Å²) in [6.07, 6.45) is 32.5. The fourth-order valence-electron chi connectivity index (χ4n) is 6.36. The lowest BCUT2D eigenvalue weighted by Gasteiger charge is -2.21. The van der Waals surface area contributed by atoms with Crippen LogP contribution >= 0.6 is 0 Å². The Balaban J connectivity index is -0.000000394. The Bertz CT molecular complexity index is 1100. The van der Waals surface area contributed by atoms with Crippen LogP contribution in [0.25, 0.3) is 0 Å². The molecule has 10 heteroatoms. The average Bonchev–Trinajstić information content (AvgIpc) is 3.29. The summed E-state index contributed by atoms with van der Waals surface area (Å²) in [4.78, 5) is 50.5. The second kappa shape index (κ2) is 49.2. The molecule has 0 saturated carbocycles. The van der Waals surface area contributed by atoms with Crippen molar-refractivity contribution in [2.75, 3.05) is 67.5 Å². The molecule has 10 nitrogen and oxygen atoms in total. The monoisotopic (exact) mass is 939 g/mol. The first-order valence-electron chi connectivity index (χ1n) is 27.7. The van der Waals surface area contributed by atoms with E-state index >= 15 is 0 Å². The highest BCUT2D eigenvalue weighted by molar-refractivity contribution is 5.82. The molecule has 0 bridgehead atoms. The van der Waals surface area contributed by atoms with E-state index in [1.807, 2.05) is 83.6 Å². The van der Waals surface area contributed by atoms with Crippen molar-refractivity contribution in [3.63, 3.8) is 0 Å². The molecule has 396 valence electrons. The second-order valence-corrected chi connectivity index (χ2v) is 20.9.